The van der Waals surface area contributed by atoms with Crippen molar-refractivity contribution in [3.8, 4) is 5.75 Å². The lowest BCUT2D eigenvalue weighted by Gasteiger charge is -2.36. The number of amides is 1. The minimum Gasteiger partial charge on any atom is -0.495 e. The fourth-order valence-corrected chi connectivity index (χ4v) is 3.97. The van der Waals surface area contributed by atoms with Crippen LogP contribution in [0.1, 0.15) is 17.0 Å². The molecular formula is C21H27ClF3N5O2. The summed E-state index contributed by atoms with van der Waals surface area (Å²) in [4.78, 5) is 18.4. The Balaban J connectivity index is 1.70. The van der Waals surface area contributed by atoms with Gasteiger partial charge in [0.2, 0.25) is 5.91 Å². The number of aromatic nitrogens is 2. The Hall–Kier alpha value is -2.46. The number of ether oxygens (including phenoxy) is 1. The molecule has 7 nitrogen and oxygen atoms in total. The smallest absolute Gasteiger partial charge is 0.435 e. The first kappa shape index (κ1) is 24.2. The van der Waals surface area contributed by atoms with Gasteiger partial charge in [0.15, 0.2) is 5.69 Å². The molecule has 1 aromatic carbocycles. The van der Waals surface area contributed by atoms with Crippen LogP contribution in [0.4, 0.5) is 18.9 Å². The standard InChI is InChI=1S/C21H27ClF3N5O2/c1-14-17(12-27(2)3)30(26-20(14)21(23,24)25)13-19(31)29-9-7-28(8-10-29)15-5-6-16(22)18(11-15)32-4/h5-6,11H,7-10,12-13H2,1-4H3. The first-order valence-electron chi connectivity index (χ1n) is 10.2. The molecule has 0 saturated carbocycles. The normalized spacial score (nSPS) is 14.9. The second-order valence-corrected chi connectivity index (χ2v) is 8.41. The molecule has 2 aromatic rings. The number of rotatable bonds is 6. The summed E-state index contributed by atoms with van der Waals surface area (Å²) in [6.45, 7) is 3.52. The molecular weight excluding hydrogens is 447 g/mol. The molecule has 176 valence electrons. The maximum atomic E-state index is 13.3. The van der Waals surface area contributed by atoms with Crippen molar-refractivity contribution in [3.63, 3.8) is 0 Å². The Bertz CT molecular complexity index is 969. The summed E-state index contributed by atoms with van der Waals surface area (Å²) in [5, 5.41) is 4.26. The van der Waals surface area contributed by atoms with Gasteiger partial charge in [0, 0.05) is 50.0 Å². The maximum Gasteiger partial charge on any atom is 0.435 e. The highest BCUT2D eigenvalue weighted by molar-refractivity contribution is 6.32. The van der Waals surface area contributed by atoms with Crippen molar-refractivity contribution in [3.05, 3.63) is 40.2 Å². The highest BCUT2D eigenvalue weighted by atomic mass is 35.5. The van der Waals surface area contributed by atoms with Gasteiger partial charge in [-0.25, -0.2) is 0 Å². The maximum absolute atomic E-state index is 13.3. The Morgan fingerprint density at radius 3 is 2.44 bits per heavy atom. The number of hydrogen-bond acceptors (Lipinski definition) is 5. The summed E-state index contributed by atoms with van der Waals surface area (Å²) in [7, 11) is 5.07. The lowest BCUT2D eigenvalue weighted by atomic mass is 10.2. The summed E-state index contributed by atoms with van der Waals surface area (Å²) >= 11 is 6.08. The van der Waals surface area contributed by atoms with Crippen molar-refractivity contribution >= 4 is 23.2 Å². The van der Waals surface area contributed by atoms with Crippen LogP contribution in [0.3, 0.4) is 0 Å². The summed E-state index contributed by atoms with van der Waals surface area (Å²) in [5.41, 5.74) is 0.441. The van der Waals surface area contributed by atoms with Gasteiger partial charge in [-0.3, -0.25) is 9.48 Å². The molecule has 1 aliphatic heterocycles. The van der Waals surface area contributed by atoms with E-state index in [-0.39, 0.29) is 24.6 Å². The molecule has 0 N–H and O–H groups in total. The molecule has 1 aliphatic rings. The SMILES string of the molecule is COc1cc(N2CCN(C(=O)Cn3nc(C(F)(F)F)c(C)c3CN(C)C)CC2)ccc1Cl. The number of methoxy groups -OCH3 is 1. The molecule has 0 spiro atoms. The van der Waals surface area contributed by atoms with Crippen molar-refractivity contribution in [1.82, 2.24) is 19.6 Å². The van der Waals surface area contributed by atoms with E-state index in [1.54, 1.807) is 37.1 Å². The molecule has 0 unspecified atom stereocenters. The third kappa shape index (κ3) is 5.29. The van der Waals surface area contributed by atoms with E-state index in [1.807, 2.05) is 12.1 Å². The van der Waals surface area contributed by atoms with Crippen molar-refractivity contribution < 1.29 is 22.7 Å². The minimum absolute atomic E-state index is 0.0560. The van der Waals surface area contributed by atoms with Gasteiger partial charge in [-0.05, 0) is 33.2 Å². The van der Waals surface area contributed by atoms with Gasteiger partial charge < -0.3 is 19.4 Å². The number of alkyl halides is 3. The Labute approximate surface area is 190 Å². The molecule has 1 fully saturated rings. The molecule has 0 bridgehead atoms. The number of carbonyl (C=O) groups is 1. The summed E-state index contributed by atoms with van der Waals surface area (Å²) in [6.07, 6.45) is -4.56. The monoisotopic (exact) mass is 473 g/mol. The third-order valence-corrected chi connectivity index (χ3v) is 5.78. The molecule has 0 atom stereocenters. The Kier molecular flexibility index (Phi) is 7.24. The zero-order valence-electron chi connectivity index (χ0n) is 18.5. The van der Waals surface area contributed by atoms with Crippen LogP contribution in [0.25, 0.3) is 0 Å². The number of nitrogens with zero attached hydrogens (tertiary/aromatic N) is 5. The molecule has 11 heteroatoms. The first-order valence-corrected chi connectivity index (χ1v) is 10.5. The highest BCUT2D eigenvalue weighted by Crippen LogP contribution is 2.33. The number of benzene rings is 1. The van der Waals surface area contributed by atoms with Crippen LogP contribution in [0.5, 0.6) is 5.75 Å². The number of piperazine rings is 1. The average Bonchev–Trinajstić information content (AvgIpc) is 3.03. The molecule has 0 aliphatic carbocycles. The van der Waals surface area contributed by atoms with Gasteiger partial charge in [0.05, 0.1) is 17.8 Å². The van der Waals surface area contributed by atoms with Crippen LogP contribution >= 0.6 is 11.6 Å². The van der Waals surface area contributed by atoms with E-state index in [0.717, 1.165) is 5.69 Å². The molecule has 3 rings (SSSR count). The van der Waals surface area contributed by atoms with Crippen LogP contribution in [-0.2, 0) is 24.1 Å². The highest BCUT2D eigenvalue weighted by Gasteiger charge is 2.38. The topological polar surface area (TPSA) is 53.8 Å². The van der Waals surface area contributed by atoms with Crippen molar-refractivity contribution in [2.75, 3.05) is 52.3 Å². The largest absolute Gasteiger partial charge is 0.495 e. The van der Waals surface area contributed by atoms with Crippen LogP contribution in [0, 0.1) is 6.92 Å². The fraction of sp³-hybridized carbons (Fsp3) is 0.524. The Morgan fingerprint density at radius 2 is 1.88 bits per heavy atom. The quantitative estimate of drug-likeness (QED) is 0.644. The molecule has 32 heavy (non-hydrogen) atoms. The van der Waals surface area contributed by atoms with Gasteiger partial charge in [0.25, 0.3) is 0 Å². The van der Waals surface area contributed by atoms with E-state index < -0.39 is 11.9 Å². The summed E-state index contributed by atoms with van der Waals surface area (Å²) in [6, 6.07) is 5.50. The van der Waals surface area contributed by atoms with Gasteiger partial charge in [-0.2, -0.15) is 18.3 Å². The number of hydrogen-bond donors (Lipinski definition) is 0. The number of anilines is 1. The van der Waals surface area contributed by atoms with Crippen LogP contribution in [-0.4, -0.2) is 72.9 Å². The molecule has 1 saturated heterocycles. The zero-order valence-corrected chi connectivity index (χ0v) is 19.3. The second kappa shape index (κ2) is 9.58. The van der Waals surface area contributed by atoms with Crippen molar-refractivity contribution in [1.29, 1.82) is 0 Å². The van der Waals surface area contributed by atoms with E-state index in [9.17, 15) is 18.0 Å². The second-order valence-electron chi connectivity index (χ2n) is 8.00. The number of halogens is 4. The minimum atomic E-state index is -4.56. The predicted molar refractivity (Wildman–Crippen MR) is 116 cm³/mol. The van der Waals surface area contributed by atoms with Crippen LogP contribution in [0.2, 0.25) is 5.02 Å². The van der Waals surface area contributed by atoms with Crippen molar-refractivity contribution in [2.24, 2.45) is 0 Å². The van der Waals surface area contributed by atoms with Gasteiger partial charge >= 0.3 is 6.18 Å². The predicted octanol–water partition coefficient (Wildman–Crippen LogP) is 3.28. The lowest BCUT2D eigenvalue weighted by molar-refractivity contribution is -0.142. The molecule has 2 heterocycles. The van der Waals surface area contributed by atoms with E-state index in [0.29, 0.717) is 42.6 Å². The first-order chi connectivity index (χ1) is 15.0. The van der Waals surface area contributed by atoms with Gasteiger partial charge in [-0.1, -0.05) is 11.6 Å². The number of carbonyl (C=O) groups excluding carboxylic acids is 1. The molecule has 1 aromatic heterocycles. The van der Waals surface area contributed by atoms with E-state index in [4.69, 9.17) is 16.3 Å². The van der Waals surface area contributed by atoms with E-state index in [1.165, 1.54) is 11.6 Å². The molecule has 0 radical (unpaired) electrons. The zero-order chi connectivity index (χ0) is 23.6. The lowest BCUT2D eigenvalue weighted by Crippen LogP contribution is -2.49. The van der Waals surface area contributed by atoms with Crippen molar-refractivity contribution in [2.45, 2.75) is 26.2 Å². The Morgan fingerprint density at radius 1 is 1.22 bits per heavy atom. The van der Waals surface area contributed by atoms with Crippen LogP contribution < -0.4 is 9.64 Å². The third-order valence-electron chi connectivity index (χ3n) is 5.47. The average molecular weight is 474 g/mol. The van der Waals surface area contributed by atoms with Gasteiger partial charge in [0.1, 0.15) is 12.3 Å². The van der Waals surface area contributed by atoms with Crippen LogP contribution in [0.15, 0.2) is 18.2 Å². The van der Waals surface area contributed by atoms with Gasteiger partial charge in [-0.15, -0.1) is 0 Å². The molecule has 1 amide bonds. The van der Waals surface area contributed by atoms with E-state index >= 15 is 0 Å². The van der Waals surface area contributed by atoms with E-state index in [2.05, 4.69) is 10.00 Å². The summed E-state index contributed by atoms with van der Waals surface area (Å²) in [5.74, 6) is 0.320. The summed E-state index contributed by atoms with van der Waals surface area (Å²) < 4.78 is 46.5. The fourth-order valence-electron chi connectivity index (χ4n) is 3.77.